The summed E-state index contributed by atoms with van der Waals surface area (Å²) in [5.74, 6) is 0.789. The van der Waals surface area contributed by atoms with Gasteiger partial charge in [-0.3, -0.25) is 9.59 Å². The van der Waals surface area contributed by atoms with Gasteiger partial charge in [-0.1, -0.05) is 0 Å². The quantitative estimate of drug-likeness (QED) is 0.815. The van der Waals surface area contributed by atoms with Crippen LogP contribution in [0.3, 0.4) is 0 Å². The van der Waals surface area contributed by atoms with Gasteiger partial charge in [-0.05, 0) is 30.9 Å². The summed E-state index contributed by atoms with van der Waals surface area (Å²) in [7, 11) is 1.63. The van der Waals surface area contributed by atoms with Crippen LogP contribution >= 0.6 is 0 Å². The lowest BCUT2D eigenvalue weighted by atomic mass is 9.95. The summed E-state index contributed by atoms with van der Waals surface area (Å²) < 4.78 is 11.0. The van der Waals surface area contributed by atoms with E-state index in [-0.39, 0.29) is 18.3 Å². The van der Waals surface area contributed by atoms with Crippen molar-refractivity contribution >= 4 is 29.5 Å². The van der Waals surface area contributed by atoms with E-state index < -0.39 is 0 Å². The number of oxazole rings is 1. The predicted octanol–water partition coefficient (Wildman–Crippen LogP) is 1.63. The van der Waals surface area contributed by atoms with Gasteiger partial charge >= 0.3 is 0 Å². The Hall–Kier alpha value is -2.77. The van der Waals surface area contributed by atoms with Crippen LogP contribution in [0.15, 0.2) is 22.6 Å². The molecule has 2 aromatic rings. The fourth-order valence-corrected chi connectivity index (χ4v) is 2.85. The lowest BCUT2D eigenvalue weighted by molar-refractivity contribution is -0.123. The zero-order valence-corrected chi connectivity index (χ0v) is 13.5. The van der Waals surface area contributed by atoms with Crippen molar-refractivity contribution in [2.75, 3.05) is 25.1 Å². The highest BCUT2D eigenvalue weighted by Gasteiger charge is 2.24. The molecule has 0 spiro atoms. The highest BCUT2D eigenvalue weighted by atomic mass is 16.5. The van der Waals surface area contributed by atoms with Crippen molar-refractivity contribution in [3.05, 3.63) is 18.2 Å². The number of nitrogens with two attached hydrogens (primary N) is 1. The number of piperidine rings is 1. The molecular weight excluding hydrogens is 314 g/mol. The van der Waals surface area contributed by atoms with Crippen molar-refractivity contribution in [1.82, 2.24) is 4.98 Å². The van der Waals surface area contributed by atoms with Crippen LogP contribution in [-0.2, 0) is 9.59 Å². The summed E-state index contributed by atoms with van der Waals surface area (Å²) in [6, 6.07) is 6.17. The molecule has 0 radical (unpaired) electrons. The largest absolute Gasteiger partial charge is 0.497 e. The maximum Gasteiger partial charge on any atom is 0.298 e. The van der Waals surface area contributed by atoms with E-state index in [1.165, 1.54) is 0 Å². The van der Waals surface area contributed by atoms with Crippen molar-refractivity contribution < 1.29 is 23.8 Å². The third kappa shape index (κ3) is 4.37. The number of fused-ring (bicyclic) bond motifs is 1. The van der Waals surface area contributed by atoms with Crippen LogP contribution < -0.4 is 15.4 Å². The highest BCUT2D eigenvalue weighted by Crippen LogP contribution is 2.29. The molecule has 1 aromatic carbocycles. The van der Waals surface area contributed by atoms with E-state index in [9.17, 15) is 4.79 Å². The highest BCUT2D eigenvalue weighted by molar-refractivity contribution is 5.76. The van der Waals surface area contributed by atoms with Gasteiger partial charge in [0.05, 0.1) is 7.11 Å². The summed E-state index contributed by atoms with van der Waals surface area (Å²) in [5.41, 5.74) is 6.81. The van der Waals surface area contributed by atoms with E-state index in [0.717, 1.165) is 42.8 Å². The third-order valence-corrected chi connectivity index (χ3v) is 3.86. The second-order valence-electron chi connectivity index (χ2n) is 5.56. The molecule has 3 rings (SSSR count). The van der Waals surface area contributed by atoms with E-state index >= 15 is 0 Å². The minimum absolute atomic E-state index is 0.246. The fraction of sp³-hybridized carbons (Fsp3) is 0.438. The molecule has 1 saturated heterocycles. The van der Waals surface area contributed by atoms with Crippen LogP contribution in [0.1, 0.15) is 19.3 Å². The Morgan fingerprint density at radius 2 is 2.33 bits per heavy atom. The SMILES string of the molecule is COc1ccc2oc(N3CCCC(CC(N)=O)C3)nc2c1.O=CO. The van der Waals surface area contributed by atoms with Gasteiger partial charge in [0.1, 0.15) is 11.3 Å². The Morgan fingerprint density at radius 3 is 3.00 bits per heavy atom. The number of hydrogen-bond acceptors (Lipinski definition) is 6. The molecule has 3 N–H and O–H groups in total. The number of anilines is 1. The average Bonchev–Trinajstić information content (AvgIpc) is 2.98. The Balaban J connectivity index is 0.000000647. The predicted molar refractivity (Wildman–Crippen MR) is 88.0 cm³/mol. The summed E-state index contributed by atoms with van der Waals surface area (Å²) in [6.45, 7) is 1.39. The van der Waals surface area contributed by atoms with Crippen molar-refractivity contribution in [3.8, 4) is 5.75 Å². The molecule has 1 aromatic heterocycles. The summed E-state index contributed by atoms with van der Waals surface area (Å²) >= 11 is 0. The van der Waals surface area contributed by atoms with E-state index in [2.05, 4.69) is 9.88 Å². The molecule has 2 heterocycles. The Kier molecular flexibility index (Phi) is 6.00. The second kappa shape index (κ2) is 8.19. The molecule has 0 bridgehead atoms. The number of carbonyl (C=O) groups is 2. The number of hydrogen-bond donors (Lipinski definition) is 2. The first-order valence-electron chi connectivity index (χ1n) is 7.63. The number of rotatable bonds is 4. The molecule has 0 saturated carbocycles. The van der Waals surface area contributed by atoms with Gasteiger partial charge in [0, 0.05) is 25.6 Å². The number of carbonyl (C=O) groups excluding carboxylic acids is 1. The number of ether oxygens (including phenoxy) is 1. The van der Waals surface area contributed by atoms with Crippen LogP contribution in [0.25, 0.3) is 11.1 Å². The summed E-state index contributed by atoms with van der Waals surface area (Å²) in [4.78, 5) is 26.0. The molecule has 24 heavy (non-hydrogen) atoms. The molecule has 1 aliphatic heterocycles. The molecule has 0 aliphatic carbocycles. The molecule has 1 aliphatic rings. The third-order valence-electron chi connectivity index (χ3n) is 3.86. The van der Waals surface area contributed by atoms with Gasteiger partial charge in [0.15, 0.2) is 5.58 Å². The molecule has 130 valence electrons. The van der Waals surface area contributed by atoms with Gasteiger partial charge in [0.2, 0.25) is 5.91 Å². The zero-order chi connectivity index (χ0) is 17.5. The summed E-state index contributed by atoms with van der Waals surface area (Å²) in [5, 5.41) is 6.89. The molecule has 8 nitrogen and oxygen atoms in total. The fourth-order valence-electron chi connectivity index (χ4n) is 2.85. The van der Waals surface area contributed by atoms with E-state index in [0.29, 0.717) is 12.4 Å². The van der Waals surface area contributed by atoms with Crippen LogP contribution in [0.4, 0.5) is 6.01 Å². The lowest BCUT2D eigenvalue weighted by Crippen LogP contribution is -2.37. The molecule has 1 unspecified atom stereocenters. The van der Waals surface area contributed by atoms with Gasteiger partial charge in [-0.2, -0.15) is 4.98 Å². The van der Waals surface area contributed by atoms with Crippen molar-refractivity contribution in [1.29, 1.82) is 0 Å². The summed E-state index contributed by atoms with van der Waals surface area (Å²) in [6.07, 6.45) is 2.46. The van der Waals surface area contributed by atoms with Crippen LogP contribution in [-0.4, -0.2) is 42.7 Å². The standard InChI is InChI=1S/C15H19N3O3.CH2O2/c1-20-11-4-5-13-12(8-11)17-15(21-13)18-6-2-3-10(9-18)7-14(16)19;2-1-3/h4-5,8,10H,2-3,6-7,9H2,1H3,(H2,16,19);1H,(H,2,3). The Labute approximate surface area is 139 Å². The monoisotopic (exact) mass is 335 g/mol. The van der Waals surface area contributed by atoms with Crippen molar-refractivity contribution in [2.24, 2.45) is 11.7 Å². The molecule has 1 fully saturated rings. The molecular formula is C16H21N3O5. The van der Waals surface area contributed by atoms with Crippen molar-refractivity contribution in [2.45, 2.75) is 19.3 Å². The molecule has 1 amide bonds. The lowest BCUT2D eigenvalue weighted by Gasteiger charge is -2.30. The Morgan fingerprint density at radius 1 is 1.58 bits per heavy atom. The maximum absolute atomic E-state index is 11.1. The number of nitrogens with zero attached hydrogens (tertiary/aromatic N) is 2. The first-order chi connectivity index (χ1) is 11.6. The topological polar surface area (TPSA) is 119 Å². The normalized spacial score (nSPS) is 17.0. The van der Waals surface area contributed by atoms with E-state index in [4.69, 9.17) is 24.8 Å². The number of aromatic nitrogens is 1. The smallest absolute Gasteiger partial charge is 0.298 e. The first-order valence-corrected chi connectivity index (χ1v) is 7.63. The second-order valence-corrected chi connectivity index (χ2v) is 5.56. The number of benzene rings is 1. The molecule has 1 atom stereocenters. The van der Waals surface area contributed by atoms with Gasteiger partial charge in [-0.25, -0.2) is 0 Å². The minimum Gasteiger partial charge on any atom is -0.497 e. The average molecular weight is 335 g/mol. The number of carboxylic acid groups (broad SMARTS) is 1. The van der Waals surface area contributed by atoms with Gasteiger partial charge in [-0.15, -0.1) is 0 Å². The first kappa shape index (κ1) is 17.6. The maximum atomic E-state index is 11.1. The van der Waals surface area contributed by atoms with E-state index in [1.54, 1.807) is 7.11 Å². The van der Waals surface area contributed by atoms with Crippen molar-refractivity contribution in [3.63, 3.8) is 0 Å². The van der Waals surface area contributed by atoms with Gasteiger partial charge in [0.25, 0.3) is 12.5 Å². The van der Waals surface area contributed by atoms with E-state index in [1.807, 2.05) is 18.2 Å². The van der Waals surface area contributed by atoms with Crippen LogP contribution in [0, 0.1) is 5.92 Å². The number of primary amides is 1. The number of amides is 1. The zero-order valence-electron chi connectivity index (χ0n) is 13.5. The van der Waals surface area contributed by atoms with Crippen LogP contribution in [0.2, 0.25) is 0 Å². The Bertz CT molecular complexity index is 700. The number of methoxy groups -OCH3 is 1. The van der Waals surface area contributed by atoms with Crippen LogP contribution in [0.5, 0.6) is 5.75 Å². The van der Waals surface area contributed by atoms with Gasteiger partial charge < -0.3 is 24.9 Å². The minimum atomic E-state index is -0.250. The molecule has 8 heteroatoms.